The van der Waals surface area contributed by atoms with Gasteiger partial charge in [0.25, 0.3) is 0 Å². The third-order valence-corrected chi connectivity index (χ3v) is 4.37. The minimum Gasteiger partial charge on any atom is -0.423 e. The zero-order valence-corrected chi connectivity index (χ0v) is 13.7. The summed E-state index contributed by atoms with van der Waals surface area (Å²) < 4.78 is 18.6. The Bertz CT molecular complexity index is 1150. The lowest BCUT2D eigenvalue weighted by Crippen LogP contribution is -2.07. The minimum atomic E-state index is -0.379. The van der Waals surface area contributed by atoms with Gasteiger partial charge in [0.05, 0.1) is 0 Å². The average molecular weight is 333 g/mol. The van der Waals surface area contributed by atoms with Crippen LogP contribution in [0.3, 0.4) is 0 Å². The SMILES string of the molecule is Cc1cc(F)ccc1NCc1cc(=O)oc2ccc3ccccc3c12. The Balaban J connectivity index is 1.83. The second kappa shape index (κ2) is 6.06. The lowest BCUT2D eigenvalue weighted by Gasteiger charge is -2.12. The molecule has 4 aromatic rings. The van der Waals surface area contributed by atoms with Crippen LogP contribution in [0.5, 0.6) is 0 Å². The van der Waals surface area contributed by atoms with Crippen LogP contribution in [0.25, 0.3) is 21.7 Å². The van der Waals surface area contributed by atoms with Crippen molar-refractivity contribution in [2.45, 2.75) is 13.5 Å². The second-order valence-electron chi connectivity index (χ2n) is 6.06. The highest BCUT2D eigenvalue weighted by molar-refractivity contribution is 6.07. The summed E-state index contributed by atoms with van der Waals surface area (Å²) in [7, 11) is 0. The molecular formula is C21H16FNO2. The van der Waals surface area contributed by atoms with Crippen LogP contribution in [0.4, 0.5) is 10.1 Å². The number of aryl methyl sites for hydroxylation is 1. The lowest BCUT2D eigenvalue weighted by atomic mass is 10.0. The number of hydrogen-bond donors (Lipinski definition) is 1. The van der Waals surface area contributed by atoms with E-state index in [9.17, 15) is 9.18 Å². The summed E-state index contributed by atoms with van der Waals surface area (Å²) in [5.41, 5.74) is 2.70. The molecule has 0 spiro atoms. The molecule has 0 fully saturated rings. The summed E-state index contributed by atoms with van der Waals surface area (Å²) in [5.74, 6) is -0.264. The van der Waals surface area contributed by atoms with E-state index in [1.54, 1.807) is 6.07 Å². The number of fused-ring (bicyclic) bond motifs is 3. The van der Waals surface area contributed by atoms with E-state index in [0.29, 0.717) is 12.1 Å². The molecule has 3 aromatic carbocycles. The smallest absolute Gasteiger partial charge is 0.336 e. The molecule has 4 rings (SSSR count). The van der Waals surface area contributed by atoms with Gasteiger partial charge in [0, 0.05) is 23.7 Å². The highest BCUT2D eigenvalue weighted by Gasteiger charge is 2.10. The first-order valence-corrected chi connectivity index (χ1v) is 8.06. The van der Waals surface area contributed by atoms with E-state index in [4.69, 9.17) is 4.42 Å². The second-order valence-corrected chi connectivity index (χ2v) is 6.06. The molecule has 0 saturated heterocycles. The molecular weight excluding hydrogens is 317 g/mol. The Hall–Kier alpha value is -3.14. The van der Waals surface area contributed by atoms with Crippen LogP contribution in [0.2, 0.25) is 0 Å². The fourth-order valence-corrected chi connectivity index (χ4v) is 3.18. The van der Waals surface area contributed by atoms with Gasteiger partial charge in [0.15, 0.2) is 0 Å². The standard InChI is InChI=1S/C21H16FNO2/c1-13-10-16(22)7-8-18(13)23-12-15-11-20(24)25-19-9-6-14-4-2-3-5-17(14)21(15)19/h2-11,23H,12H2,1H3. The van der Waals surface area contributed by atoms with E-state index in [1.165, 1.54) is 18.2 Å². The van der Waals surface area contributed by atoms with Gasteiger partial charge in [-0.15, -0.1) is 0 Å². The largest absolute Gasteiger partial charge is 0.423 e. The fourth-order valence-electron chi connectivity index (χ4n) is 3.18. The van der Waals surface area contributed by atoms with Gasteiger partial charge in [-0.1, -0.05) is 30.3 Å². The van der Waals surface area contributed by atoms with E-state index < -0.39 is 0 Å². The van der Waals surface area contributed by atoms with E-state index in [-0.39, 0.29) is 11.4 Å². The Morgan fingerprint density at radius 3 is 2.72 bits per heavy atom. The van der Waals surface area contributed by atoms with Crippen molar-refractivity contribution < 1.29 is 8.81 Å². The van der Waals surface area contributed by atoms with Gasteiger partial charge in [-0.05, 0) is 53.1 Å². The maximum Gasteiger partial charge on any atom is 0.336 e. The van der Waals surface area contributed by atoms with Gasteiger partial charge < -0.3 is 9.73 Å². The van der Waals surface area contributed by atoms with Crippen molar-refractivity contribution in [2.24, 2.45) is 0 Å². The minimum absolute atomic E-state index is 0.264. The topological polar surface area (TPSA) is 42.2 Å². The van der Waals surface area contributed by atoms with Gasteiger partial charge in [-0.25, -0.2) is 9.18 Å². The quantitative estimate of drug-likeness (QED) is 0.423. The predicted octanol–water partition coefficient (Wildman–Crippen LogP) is 5.01. The fraction of sp³-hybridized carbons (Fsp3) is 0.0952. The molecule has 0 aliphatic carbocycles. The normalized spacial score (nSPS) is 11.1. The van der Waals surface area contributed by atoms with Crippen molar-refractivity contribution in [2.75, 3.05) is 5.32 Å². The van der Waals surface area contributed by atoms with E-state index in [2.05, 4.69) is 5.32 Å². The molecule has 124 valence electrons. The van der Waals surface area contributed by atoms with Gasteiger partial charge in [-0.3, -0.25) is 0 Å². The number of halogens is 1. The summed E-state index contributed by atoms with van der Waals surface area (Å²) in [5, 5.41) is 6.34. The van der Waals surface area contributed by atoms with Gasteiger partial charge in [0.2, 0.25) is 0 Å². The van der Waals surface area contributed by atoms with Crippen LogP contribution in [0.15, 0.2) is 69.9 Å². The maximum atomic E-state index is 13.3. The number of nitrogens with one attached hydrogen (secondary N) is 1. The number of rotatable bonds is 3. The monoisotopic (exact) mass is 333 g/mol. The molecule has 25 heavy (non-hydrogen) atoms. The summed E-state index contributed by atoms with van der Waals surface area (Å²) >= 11 is 0. The highest BCUT2D eigenvalue weighted by Crippen LogP contribution is 2.28. The van der Waals surface area contributed by atoms with Crippen molar-refractivity contribution in [3.05, 3.63) is 88.0 Å². The Labute approximate surface area is 143 Å². The van der Waals surface area contributed by atoms with Crippen molar-refractivity contribution in [1.82, 2.24) is 0 Å². The molecule has 0 radical (unpaired) electrons. The highest BCUT2D eigenvalue weighted by atomic mass is 19.1. The Kier molecular flexibility index (Phi) is 3.73. The van der Waals surface area contributed by atoms with Crippen LogP contribution in [0.1, 0.15) is 11.1 Å². The van der Waals surface area contributed by atoms with E-state index >= 15 is 0 Å². The molecule has 3 nitrogen and oxygen atoms in total. The predicted molar refractivity (Wildman–Crippen MR) is 98.5 cm³/mol. The summed E-state index contributed by atoms with van der Waals surface area (Å²) in [4.78, 5) is 11.9. The summed E-state index contributed by atoms with van der Waals surface area (Å²) in [6.45, 7) is 2.29. The Morgan fingerprint density at radius 1 is 1.04 bits per heavy atom. The third kappa shape index (κ3) is 2.87. The van der Waals surface area contributed by atoms with Crippen molar-refractivity contribution >= 4 is 27.4 Å². The van der Waals surface area contributed by atoms with Crippen LogP contribution < -0.4 is 10.9 Å². The van der Waals surface area contributed by atoms with Crippen molar-refractivity contribution in [1.29, 1.82) is 0 Å². The molecule has 0 unspecified atom stereocenters. The lowest BCUT2D eigenvalue weighted by molar-refractivity contribution is 0.559. The number of anilines is 1. The molecule has 1 N–H and O–H groups in total. The van der Waals surface area contributed by atoms with Gasteiger partial charge in [-0.2, -0.15) is 0 Å². The molecule has 0 amide bonds. The van der Waals surface area contributed by atoms with Crippen LogP contribution in [0, 0.1) is 12.7 Å². The van der Waals surface area contributed by atoms with Crippen LogP contribution in [-0.2, 0) is 6.54 Å². The van der Waals surface area contributed by atoms with Gasteiger partial charge >= 0.3 is 5.63 Å². The first-order valence-electron chi connectivity index (χ1n) is 8.06. The first-order chi connectivity index (χ1) is 12.1. The molecule has 0 aliphatic rings. The van der Waals surface area contributed by atoms with E-state index in [0.717, 1.165) is 33.0 Å². The molecule has 1 aromatic heterocycles. The molecule has 0 aliphatic heterocycles. The molecule has 0 bridgehead atoms. The zero-order valence-electron chi connectivity index (χ0n) is 13.7. The van der Waals surface area contributed by atoms with Crippen LogP contribution in [-0.4, -0.2) is 0 Å². The molecule has 0 atom stereocenters. The van der Waals surface area contributed by atoms with E-state index in [1.807, 2.05) is 43.3 Å². The first kappa shape index (κ1) is 15.4. The van der Waals surface area contributed by atoms with Crippen molar-refractivity contribution in [3.8, 4) is 0 Å². The molecule has 0 saturated carbocycles. The summed E-state index contributed by atoms with van der Waals surface area (Å²) in [6.07, 6.45) is 0. The number of benzene rings is 3. The maximum absolute atomic E-state index is 13.3. The molecule has 1 heterocycles. The average Bonchev–Trinajstić information content (AvgIpc) is 2.60. The zero-order chi connectivity index (χ0) is 17.4. The van der Waals surface area contributed by atoms with Gasteiger partial charge in [0.1, 0.15) is 11.4 Å². The Morgan fingerprint density at radius 2 is 1.88 bits per heavy atom. The molecule has 4 heteroatoms. The summed E-state index contributed by atoms with van der Waals surface area (Å²) in [6, 6.07) is 17.9. The third-order valence-electron chi connectivity index (χ3n) is 4.37. The van der Waals surface area contributed by atoms with Crippen LogP contribution >= 0.6 is 0 Å². The number of hydrogen-bond acceptors (Lipinski definition) is 3. The van der Waals surface area contributed by atoms with Crippen molar-refractivity contribution in [3.63, 3.8) is 0 Å².